The van der Waals surface area contributed by atoms with Gasteiger partial charge in [-0.15, -0.1) is 0 Å². The van der Waals surface area contributed by atoms with Crippen molar-refractivity contribution in [1.29, 1.82) is 0 Å². The number of likely N-dealkylation sites (tertiary alicyclic amines) is 1. The summed E-state index contributed by atoms with van der Waals surface area (Å²) in [4.78, 5) is 9.47. The van der Waals surface area contributed by atoms with E-state index in [4.69, 9.17) is 5.73 Å². The summed E-state index contributed by atoms with van der Waals surface area (Å²) >= 11 is 0. The molecule has 0 amide bonds. The molecule has 1 saturated heterocycles. The molecule has 0 radical (unpaired) electrons. The van der Waals surface area contributed by atoms with Crippen LogP contribution in [0.25, 0.3) is 0 Å². The first kappa shape index (κ1) is 14.4. The first-order valence-electron chi connectivity index (χ1n) is 8.04. The zero-order chi connectivity index (χ0) is 14.9. The highest BCUT2D eigenvalue weighted by Gasteiger charge is 2.44. The molecule has 2 aliphatic heterocycles. The Morgan fingerprint density at radius 2 is 2.05 bits per heavy atom. The van der Waals surface area contributed by atoms with Crippen LogP contribution in [0.3, 0.4) is 0 Å². The third-order valence-electron chi connectivity index (χ3n) is 5.05. The first-order valence-corrected chi connectivity index (χ1v) is 8.04. The second kappa shape index (κ2) is 5.68. The number of benzene rings is 1. The van der Waals surface area contributed by atoms with Crippen molar-refractivity contribution in [2.45, 2.75) is 38.6 Å². The van der Waals surface area contributed by atoms with E-state index in [0.717, 1.165) is 26.1 Å². The standard InChI is InChI=1S/C17H26N4/c1-3-20-11-6-9-17(10-12-20)13-19-16(18)21(17)15-8-5-4-7-14(15)2/h4-5,7-8H,3,6,9-13H2,1-2H3,(H2,18,19). The summed E-state index contributed by atoms with van der Waals surface area (Å²) in [6, 6.07) is 8.51. The van der Waals surface area contributed by atoms with E-state index < -0.39 is 0 Å². The molecule has 1 atom stereocenters. The summed E-state index contributed by atoms with van der Waals surface area (Å²) in [5, 5.41) is 0. The highest BCUT2D eigenvalue weighted by atomic mass is 15.4. The fourth-order valence-electron chi connectivity index (χ4n) is 3.74. The minimum Gasteiger partial charge on any atom is -0.369 e. The molecule has 0 aromatic heterocycles. The number of aliphatic imine (C=N–C) groups is 1. The highest BCUT2D eigenvalue weighted by Crippen LogP contribution is 2.38. The van der Waals surface area contributed by atoms with Crippen LogP contribution in [-0.2, 0) is 0 Å². The van der Waals surface area contributed by atoms with Crippen LogP contribution in [0.2, 0.25) is 0 Å². The van der Waals surface area contributed by atoms with Gasteiger partial charge in [0.05, 0.1) is 12.1 Å². The molecule has 0 aliphatic carbocycles. The number of nitrogens with zero attached hydrogens (tertiary/aromatic N) is 3. The maximum Gasteiger partial charge on any atom is 0.196 e. The van der Waals surface area contributed by atoms with Gasteiger partial charge in [-0.25, -0.2) is 0 Å². The van der Waals surface area contributed by atoms with E-state index in [1.165, 1.54) is 30.6 Å². The van der Waals surface area contributed by atoms with Gasteiger partial charge < -0.3 is 15.5 Å². The van der Waals surface area contributed by atoms with E-state index in [0.29, 0.717) is 5.96 Å². The zero-order valence-corrected chi connectivity index (χ0v) is 13.2. The van der Waals surface area contributed by atoms with Crippen molar-refractivity contribution < 1.29 is 0 Å². The minimum atomic E-state index is 0.0834. The summed E-state index contributed by atoms with van der Waals surface area (Å²) in [5.41, 5.74) is 8.84. The van der Waals surface area contributed by atoms with Crippen molar-refractivity contribution in [3.05, 3.63) is 29.8 Å². The molecule has 2 N–H and O–H groups in total. The molecule has 2 heterocycles. The number of hydrogen-bond acceptors (Lipinski definition) is 4. The minimum absolute atomic E-state index is 0.0834. The first-order chi connectivity index (χ1) is 10.2. The number of guanidine groups is 1. The molecule has 0 bridgehead atoms. The SMILES string of the molecule is CCN1CCCC2(CC1)CN=C(N)N2c1ccccc1C. The number of hydrogen-bond donors (Lipinski definition) is 1. The normalized spacial score (nSPS) is 27.0. The third kappa shape index (κ3) is 2.53. The molecule has 114 valence electrons. The molecule has 1 spiro atoms. The van der Waals surface area contributed by atoms with Crippen molar-refractivity contribution in [3.8, 4) is 0 Å². The average Bonchev–Trinajstić information content (AvgIpc) is 2.68. The van der Waals surface area contributed by atoms with Crippen molar-refractivity contribution in [2.75, 3.05) is 31.1 Å². The molecule has 1 fully saturated rings. The van der Waals surface area contributed by atoms with E-state index >= 15 is 0 Å². The summed E-state index contributed by atoms with van der Waals surface area (Å²) in [5.74, 6) is 0.689. The number of para-hydroxylation sites is 1. The van der Waals surface area contributed by atoms with Crippen molar-refractivity contribution in [1.82, 2.24) is 4.90 Å². The van der Waals surface area contributed by atoms with Crippen molar-refractivity contribution in [2.24, 2.45) is 10.7 Å². The average molecular weight is 286 g/mol. The smallest absolute Gasteiger partial charge is 0.196 e. The second-order valence-corrected chi connectivity index (χ2v) is 6.31. The van der Waals surface area contributed by atoms with Crippen LogP contribution in [0.15, 0.2) is 29.3 Å². The highest BCUT2D eigenvalue weighted by molar-refractivity contribution is 5.99. The molecular weight excluding hydrogens is 260 g/mol. The fraction of sp³-hybridized carbons (Fsp3) is 0.588. The van der Waals surface area contributed by atoms with Crippen LogP contribution in [0.4, 0.5) is 5.69 Å². The van der Waals surface area contributed by atoms with Crippen LogP contribution in [0.5, 0.6) is 0 Å². The predicted octanol–water partition coefficient (Wildman–Crippen LogP) is 2.37. The predicted molar refractivity (Wildman–Crippen MR) is 88.8 cm³/mol. The Kier molecular flexibility index (Phi) is 3.89. The van der Waals surface area contributed by atoms with E-state index in [1.54, 1.807) is 0 Å². The van der Waals surface area contributed by atoms with Gasteiger partial charge >= 0.3 is 0 Å². The number of rotatable bonds is 2. The lowest BCUT2D eigenvalue weighted by Gasteiger charge is -2.39. The van der Waals surface area contributed by atoms with Gasteiger partial charge in [-0.3, -0.25) is 4.99 Å². The second-order valence-electron chi connectivity index (χ2n) is 6.31. The Morgan fingerprint density at radius 3 is 2.81 bits per heavy atom. The number of aryl methyl sites for hydroxylation is 1. The molecule has 1 aromatic carbocycles. The summed E-state index contributed by atoms with van der Waals surface area (Å²) in [6.45, 7) is 8.71. The number of anilines is 1. The van der Waals surface area contributed by atoms with E-state index in [-0.39, 0.29) is 5.54 Å². The van der Waals surface area contributed by atoms with Crippen LogP contribution in [-0.4, -0.2) is 42.6 Å². The summed E-state index contributed by atoms with van der Waals surface area (Å²) in [6.07, 6.45) is 3.53. The van der Waals surface area contributed by atoms with Gasteiger partial charge in [0.15, 0.2) is 5.96 Å². The zero-order valence-electron chi connectivity index (χ0n) is 13.2. The molecule has 4 heteroatoms. The molecule has 21 heavy (non-hydrogen) atoms. The van der Waals surface area contributed by atoms with E-state index in [1.807, 2.05) is 0 Å². The monoisotopic (exact) mass is 286 g/mol. The van der Waals surface area contributed by atoms with Gasteiger partial charge in [-0.1, -0.05) is 25.1 Å². The topological polar surface area (TPSA) is 44.9 Å². The van der Waals surface area contributed by atoms with Gasteiger partial charge in [0.1, 0.15) is 0 Å². The number of nitrogens with two attached hydrogens (primary N) is 1. The lowest BCUT2D eigenvalue weighted by Crippen LogP contribution is -2.52. The van der Waals surface area contributed by atoms with E-state index in [9.17, 15) is 0 Å². The van der Waals surface area contributed by atoms with Crippen molar-refractivity contribution in [3.63, 3.8) is 0 Å². The molecular formula is C17H26N4. The maximum atomic E-state index is 6.27. The van der Waals surface area contributed by atoms with Crippen LogP contribution < -0.4 is 10.6 Å². The van der Waals surface area contributed by atoms with Gasteiger partial charge in [-0.05, 0) is 50.9 Å². The van der Waals surface area contributed by atoms with Gasteiger partial charge in [0, 0.05) is 12.2 Å². The summed E-state index contributed by atoms with van der Waals surface area (Å²) < 4.78 is 0. The Bertz CT molecular complexity index is 539. The third-order valence-corrected chi connectivity index (χ3v) is 5.05. The molecule has 4 nitrogen and oxygen atoms in total. The molecule has 2 aliphatic rings. The van der Waals surface area contributed by atoms with Crippen LogP contribution >= 0.6 is 0 Å². The van der Waals surface area contributed by atoms with Crippen LogP contribution in [0, 0.1) is 6.92 Å². The Morgan fingerprint density at radius 1 is 1.24 bits per heavy atom. The molecule has 0 saturated carbocycles. The lowest BCUT2D eigenvalue weighted by atomic mass is 9.88. The Balaban J connectivity index is 1.93. The largest absolute Gasteiger partial charge is 0.369 e. The molecule has 1 unspecified atom stereocenters. The maximum absolute atomic E-state index is 6.27. The van der Waals surface area contributed by atoms with E-state index in [2.05, 4.69) is 52.9 Å². The van der Waals surface area contributed by atoms with Gasteiger partial charge in [0.2, 0.25) is 0 Å². The Labute approximate surface area is 127 Å². The quantitative estimate of drug-likeness (QED) is 0.908. The van der Waals surface area contributed by atoms with Gasteiger partial charge in [-0.2, -0.15) is 0 Å². The lowest BCUT2D eigenvalue weighted by molar-refractivity contribution is 0.292. The summed E-state index contributed by atoms with van der Waals surface area (Å²) in [7, 11) is 0. The Hall–Kier alpha value is -1.55. The fourth-order valence-corrected chi connectivity index (χ4v) is 3.74. The molecule has 3 rings (SSSR count). The van der Waals surface area contributed by atoms with Crippen molar-refractivity contribution >= 4 is 11.6 Å². The molecule has 1 aromatic rings. The van der Waals surface area contributed by atoms with Crippen LogP contribution in [0.1, 0.15) is 31.7 Å². The van der Waals surface area contributed by atoms with Gasteiger partial charge in [0.25, 0.3) is 0 Å².